The van der Waals surface area contributed by atoms with Crippen molar-refractivity contribution in [2.45, 2.75) is 41.2 Å². The molecule has 44 heavy (non-hydrogen) atoms. The van der Waals surface area contributed by atoms with Gasteiger partial charge in [0.2, 0.25) is 5.91 Å². The zero-order valence-corrected chi connectivity index (χ0v) is 26.3. The Morgan fingerprint density at radius 3 is 2.27 bits per heavy atom. The monoisotopic (exact) mass is 685 g/mol. The zero-order chi connectivity index (χ0) is 32.2. The number of carbonyl (C=O) groups excluding carboxylic acids is 1. The molecule has 5 rings (SSSR count). The SMILES string of the molecule is Cc1ccc(N=Nc2c(S(=O)(=O)O)cc3cc(NC(=O)C4CC5CC4C(S(=O)(=O)CCCl)C5)ccc3c2O)c(S(=O)(=O)O)c1. The summed E-state index contributed by atoms with van der Waals surface area (Å²) in [6.07, 6.45) is 1.67. The molecule has 0 aliphatic heterocycles. The lowest BCUT2D eigenvalue weighted by Gasteiger charge is -2.28. The number of fused-ring (bicyclic) bond motifs is 3. The van der Waals surface area contributed by atoms with Gasteiger partial charge < -0.3 is 10.4 Å². The normalized spacial score (nSPS) is 22.2. The second kappa shape index (κ2) is 11.7. The summed E-state index contributed by atoms with van der Waals surface area (Å²) in [6, 6.07) is 9.00. The summed E-state index contributed by atoms with van der Waals surface area (Å²) in [7, 11) is -13.2. The number of anilines is 1. The first kappa shape index (κ1) is 32.2. The number of aryl methyl sites for hydroxylation is 1. The highest BCUT2D eigenvalue weighted by Crippen LogP contribution is 2.51. The molecule has 0 aromatic heterocycles. The van der Waals surface area contributed by atoms with E-state index in [2.05, 4.69) is 15.5 Å². The molecular weight excluding hydrogens is 658 g/mol. The lowest BCUT2D eigenvalue weighted by Crippen LogP contribution is -2.39. The van der Waals surface area contributed by atoms with Crippen LogP contribution in [0.1, 0.15) is 24.8 Å². The molecular formula is C27H28ClN3O10S3. The summed E-state index contributed by atoms with van der Waals surface area (Å²) in [5.41, 5.74) is -0.332. The number of aromatic hydroxyl groups is 1. The minimum absolute atomic E-state index is 0.0246. The lowest BCUT2D eigenvalue weighted by atomic mass is 9.87. The molecule has 0 radical (unpaired) electrons. The zero-order valence-electron chi connectivity index (χ0n) is 23.1. The summed E-state index contributed by atoms with van der Waals surface area (Å²) < 4.78 is 93.1. The Kier molecular flexibility index (Phi) is 8.54. The number of rotatable bonds is 9. The van der Waals surface area contributed by atoms with Crippen molar-refractivity contribution in [1.82, 2.24) is 0 Å². The summed E-state index contributed by atoms with van der Waals surface area (Å²) in [5.74, 6) is -2.06. The molecule has 4 unspecified atom stereocenters. The first-order valence-corrected chi connectivity index (χ1v) is 18.5. The van der Waals surface area contributed by atoms with E-state index in [1.54, 1.807) is 6.92 Å². The summed E-state index contributed by atoms with van der Waals surface area (Å²) in [6.45, 7) is 1.57. The van der Waals surface area contributed by atoms with Crippen molar-refractivity contribution in [2.75, 3.05) is 16.9 Å². The Morgan fingerprint density at radius 1 is 0.932 bits per heavy atom. The van der Waals surface area contributed by atoms with Crippen molar-refractivity contribution in [3.05, 3.63) is 48.0 Å². The van der Waals surface area contributed by atoms with Crippen molar-refractivity contribution in [2.24, 2.45) is 28.0 Å². The molecule has 2 fully saturated rings. The van der Waals surface area contributed by atoms with Gasteiger partial charge in [0.05, 0.1) is 11.0 Å². The van der Waals surface area contributed by atoms with Crippen LogP contribution in [0.15, 0.2) is 62.5 Å². The first-order valence-electron chi connectivity index (χ1n) is 13.3. The second-order valence-corrected chi connectivity index (χ2v) is 16.6. The highest BCUT2D eigenvalue weighted by atomic mass is 35.5. The molecule has 1 amide bonds. The Bertz CT molecular complexity index is 2030. The van der Waals surface area contributed by atoms with Gasteiger partial charge >= 0.3 is 0 Å². The maximum absolute atomic E-state index is 13.3. The number of azo groups is 1. The summed E-state index contributed by atoms with van der Waals surface area (Å²) in [4.78, 5) is 11.8. The number of nitrogens with zero attached hydrogens (tertiary/aromatic N) is 2. The number of nitrogens with one attached hydrogen (secondary N) is 1. The minimum atomic E-state index is -5.01. The lowest BCUT2D eigenvalue weighted by molar-refractivity contribution is -0.121. The highest BCUT2D eigenvalue weighted by Gasteiger charge is 2.53. The number of hydrogen-bond acceptors (Lipinski definition) is 10. The van der Waals surface area contributed by atoms with Gasteiger partial charge in [-0.2, -0.15) is 16.8 Å². The maximum atomic E-state index is 13.3. The third kappa shape index (κ3) is 6.32. The largest absolute Gasteiger partial charge is 0.505 e. The second-order valence-electron chi connectivity index (χ2n) is 11.1. The number of hydrogen-bond donors (Lipinski definition) is 4. The van der Waals surface area contributed by atoms with E-state index >= 15 is 0 Å². The molecule has 4 atom stereocenters. The fourth-order valence-corrected chi connectivity index (χ4v) is 10.2. The van der Waals surface area contributed by atoms with E-state index in [0.717, 1.165) is 12.1 Å². The van der Waals surface area contributed by atoms with Crippen molar-refractivity contribution in [3.63, 3.8) is 0 Å². The third-order valence-corrected chi connectivity index (χ3v) is 12.6. The van der Waals surface area contributed by atoms with Gasteiger partial charge in [0, 0.05) is 22.9 Å². The Labute approximate surface area is 258 Å². The van der Waals surface area contributed by atoms with Crippen LogP contribution in [0.25, 0.3) is 10.8 Å². The Hall–Kier alpha value is -3.15. The van der Waals surface area contributed by atoms with Crippen molar-refractivity contribution in [3.8, 4) is 5.75 Å². The van der Waals surface area contributed by atoms with Gasteiger partial charge in [-0.1, -0.05) is 6.07 Å². The van der Waals surface area contributed by atoms with Crippen LogP contribution in [0.2, 0.25) is 0 Å². The standard InChI is InChI=1S/C27H28ClN3O10S3/c1-14-2-5-21(23(8-14)43(36,37)38)30-31-25-24(44(39,40)41)13-16-12-17(3-4-18(16)26(25)32)29-27(33)20-10-15-9-19(20)22(11-15)42(34,35)7-6-28/h2-5,8,12-13,15,19-20,22,32H,6-7,9-11H2,1H3,(H,29,33)(H,36,37,38)(H,39,40,41). The van der Waals surface area contributed by atoms with E-state index in [0.29, 0.717) is 24.8 Å². The topological polar surface area (TPSA) is 217 Å². The molecule has 0 saturated heterocycles. The van der Waals surface area contributed by atoms with Crippen molar-refractivity contribution >= 4 is 75.4 Å². The molecule has 2 aliphatic carbocycles. The number of phenolic OH excluding ortho intramolecular Hbond substituents is 1. The van der Waals surface area contributed by atoms with Crippen LogP contribution < -0.4 is 5.32 Å². The number of sulfone groups is 1. The van der Waals surface area contributed by atoms with Crippen LogP contribution >= 0.6 is 11.6 Å². The number of halogens is 1. The van der Waals surface area contributed by atoms with Gasteiger partial charge in [0.25, 0.3) is 20.2 Å². The molecule has 236 valence electrons. The fraction of sp³-hybridized carbons (Fsp3) is 0.370. The molecule has 2 bridgehead atoms. The van der Waals surface area contributed by atoms with E-state index in [9.17, 15) is 44.3 Å². The molecule has 2 aliphatic rings. The number of benzene rings is 3. The average molecular weight is 686 g/mol. The molecule has 0 heterocycles. The third-order valence-electron chi connectivity index (χ3n) is 8.16. The van der Waals surface area contributed by atoms with Crippen LogP contribution in [-0.2, 0) is 34.9 Å². The summed E-state index contributed by atoms with van der Waals surface area (Å²) in [5, 5.41) is 20.7. The van der Waals surface area contributed by atoms with Crippen LogP contribution in [0.4, 0.5) is 17.1 Å². The number of amides is 1. The fourth-order valence-electron chi connectivity index (χ4n) is 6.23. The molecule has 17 heteroatoms. The molecule has 4 N–H and O–H groups in total. The smallest absolute Gasteiger partial charge is 0.296 e. The maximum Gasteiger partial charge on any atom is 0.296 e. The summed E-state index contributed by atoms with van der Waals surface area (Å²) >= 11 is 5.68. The van der Waals surface area contributed by atoms with Crippen LogP contribution in [0.5, 0.6) is 5.75 Å². The quantitative estimate of drug-likeness (QED) is 0.137. The van der Waals surface area contributed by atoms with Gasteiger partial charge in [-0.05, 0) is 85.4 Å². The van der Waals surface area contributed by atoms with Gasteiger partial charge in [-0.3, -0.25) is 13.9 Å². The van der Waals surface area contributed by atoms with Gasteiger partial charge in [0.15, 0.2) is 15.6 Å². The molecule has 3 aromatic carbocycles. The molecule has 2 saturated carbocycles. The Balaban J connectivity index is 1.47. The van der Waals surface area contributed by atoms with Gasteiger partial charge in [0.1, 0.15) is 21.2 Å². The van der Waals surface area contributed by atoms with Crippen LogP contribution in [0.3, 0.4) is 0 Å². The minimum Gasteiger partial charge on any atom is -0.505 e. The average Bonchev–Trinajstić information content (AvgIpc) is 3.54. The van der Waals surface area contributed by atoms with E-state index < -0.39 is 62.5 Å². The van der Waals surface area contributed by atoms with Crippen molar-refractivity contribution in [1.29, 1.82) is 0 Å². The first-order chi connectivity index (χ1) is 20.5. The van der Waals surface area contributed by atoms with Gasteiger partial charge in [-0.15, -0.1) is 21.8 Å². The van der Waals surface area contributed by atoms with E-state index in [1.807, 2.05) is 0 Å². The van der Waals surface area contributed by atoms with Gasteiger partial charge in [-0.25, -0.2) is 8.42 Å². The number of phenols is 1. The molecule has 13 nitrogen and oxygen atoms in total. The molecule has 0 spiro atoms. The van der Waals surface area contributed by atoms with E-state index in [4.69, 9.17) is 11.6 Å². The highest BCUT2D eigenvalue weighted by molar-refractivity contribution is 7.92. The predicted molar refractivity (Wildman–Crippen MR) is 162 cm³/mol. The van der Waals surface area contributed by atoms with E-state index in [-0.39, 0.29) is 51.5 Å². The Morgan fingerprint density at radius 2 is 1.64 bits per heavy atom. The van der Waals surface area contributed by atoms with Crippen LogP contribution in [0, 0.1) is 24.7 Å². The van der Waals surface area contributed by atoms with Crippen molar-refractivity contribution < 1.29 is 44.3 Å². The van der Waals surface area contributed by atoms with E-state index in [1.165, 1.54) is 30.3 Å². The molecule has 3 aromatic rings. The predicted octanol–water partition coefficient (Wildman–Crippen LogP) is 4.77. The number of carbonyl (C=O) groups is 1. The number of alkyl halides is 1. The van der Waals surface area contributed by atoms with Crippen LogP contribution in [-0.4, -0.2) is 62.3 Å².